The Hall–Kier alpha value is -1.36. The van der Waals surface area contributed by atoms with Gasteiger partial charge in [-0.1, -0.05) is 33.8 Å². The zero-order valence-corrected chi connectivity index (χ0v) is 18.1. The minimum absolute atomic E-state index is 0.121. The van der Waals surface area contributed by atoms with Crippen LogP contribution in [-0.4, -0.2) is 35.9 Å². The molecule has 0 bridgehead atoms. The van der Waals surface area contributed by atoms with Crippen LogP contribution in [0.5, 0.6) is 0 Å². The predicted molar refractivity (Wildman–Crippen MR) is 106 cm³/mol. The largest absolute Gasteiger partial charge is 0.461 e. The van der Waals surface area contributed by atoms with E-state index in [1.54, 1.807) is 20.8 Å². The van der Waals surface area contributed by atoms with Gasteiger partial charge < -0.3 is 14.6 Å². The molecule has 27 heavy (non-hydrogen) atoms. The van der Waals surface area contributed by atoms with Gasteiger partial charge in [-0.2, -0.15) is 0 Å². The third-order valence-corrected chi connectivity index (χ3v) is 4.76. The van der Waals surface area contributed by atoms with Crippen molar-refractivity contribution in [3.8, 4) is 0 Å². The first-order valence-corrected chi connectivity index (χ1v) is 10.1. The molecule has 0 aromatic carbocycles. The summed E-state index contributed by atoms with van der Waals surface area (Å²) in [5, 5.41) is 9.79. The molecule has 1 aliphatic rings. The highest BCUT2D eigenvalue weighted by Crippen LogP contribution is 2.33. The maximum atomic E-state index is 12.3. The van der Waals surface area contributed by atoms with Crippen LogP contribution < -0.4 is 0 Å². The number of rotatable bonds is 9. The second kappa shape index (κ2) is 9.72. The van der Waals surface area contributed by atoms with Gasteiger partial charge in [-0.3, -0.25) is 4.79 Å². The van der Waals surface area contributed by atoms with Crippen molar-refractivity contribution in [2.24, 2.45) is 23.2 Å². The molecule has 0 aromatic rings. The minimum Gasteiger partial charge on any atom is -0.461 e. The summed E-state index contributed by atoms with van der Waals surface area (Å²) in [6.07, 6.45) is 5.29. The zero-order chi connectivity index (χ0) is 20.8. The smallest absolute Gasteiger partial charge is 0.334 e. The van der Waals surface area contributed by atoms with Crippen molar-refractivity contribution in [2.75, 3.05) is 13.2 Å². The van der Waals surface area contributed by atoms with E-state index in [2.05, 4.69) is 27.7 Å². The molecule has 0 aromatic heterocycles. The standard InChI is InChI=1S/C22H38O5/c1-15(2)10-17(11-16(3)4)8-9-18-12-22(13-23,27-19(18)24)14-26-20(25)21(5,6)7/h9,15-17,23H,8,10-14H2,1-7H3/b18-9+/t22-/m0/s1. The van der Waals surface area contributed by atoms with Gasteiger partial charge in [0.1, 0.15) is 6.61 Å². The molecule has 5 heteroatoms. The van der Waals surface area contributed by atoms with E-state index in [1.807, 2.05) is 6.08 Å². The molecule has 1 N–H and O–H groups in total. The van der Waals surface area contributed by atoms with Crippen LogP contribution in [0, 0.1) is 23.2 Å². The first kappa shape index (κ1) is 23.7. The average molecular weight is 383 g/mol. The second-order valence-electron chi connectivity index (χ2n) is 9.82. The van der Waals surface area contributed by atoms with Crippen molar-refractivity contribution in [1.82, 2.24) is 0 Å². The van der Waals surface area contributed by atoms with E-state index in [0.717, 1.165) is 19.3 Å². The molecule has 0 aliphatic carbocycles. The van der Waals surface area contributed by atoms with Crippen molar-refractivity contribution in [2.45, 2.75) is 79.8 Å². The number of carbonyl (C=O) groups is 2. The molecule has 1 aliphatic heterocycles. The fraction of sp³-hybridized carbons (Fsp3) is 0.818. The van der Waals surface area contributed by atoms with Crippen molar-refractivity contribution in [1.29, 1.82) is 0 Å². The van der Waals surface area contributed by atoms with Gasteiger partial charge in [-0.25, -0.2) is 4.79 Å². The highest BCUT2D eigenvalue weighted by molar-refractivity contribution is 5.91. The normalized spacial score (nSPS) is 22.2. The van der Waals surface area contributed by atoms with Crippen LogP contribution in [0.2, 0.25) is 0 Å². The Bertz CT molecular complexity index is 531. The van der Waals surface area contributed by atoms with Gasteiger partial charge in [0.05, 0.1) is 12.0 Å². The first-order chi connectivity index (χ1) is 12.4. The lowest BCUT2D eigenvalue weighted by Crippen LogP contribution is -2.40. The van der Waals surface area contributed by atoms with E-state index in [-0.39, 0.29) is 25.6 Å². The summed E-state index contributed by atoms with van der Waals surface area (Å²) >= 11 is 0. The summed E-state index contributed by atoms with van der Waals surface area (Å²) < 4.78 is 10.7. The molecule has 1 atom stereocenters. The van der Waals surface area contributed by atoms with Crippen molar-refractivity contribution in [3.63, 3.8) is 0 Å². The number of ether oxygens (including phenoxy) is 2. The van der Waals surface area contributed by atoms with Crippen LogP contribution in [0.25, 0.3) is 0 Å². The Balaban J connectivity index is 2.78. The number of cyclic esters (lactones) is 1. The molecule has 156 valence electrons. The second-order valence-corrected chi connectivity index (χ2v) is 9.82. The molecule has 1 saturated heterocycles. The van der Waals surface area contributed by atoms with Crippen LogP contribution in [-0.2, 0) is 19.1 Å². The first-order valence-electron chi connectivity index (χ1n) is 10.1. The monoisotopic (exact) mass is 382 g/mol. The number of aliphatic hydroxyl groups is 1. The van der Waals surface area contributed by atoms with Gasteiger partial charge in [0, 0.05) is 12.0 Å². The van der Waals surface area contributed by atoms with Crippen molar-refractivity contribution in [3.05, 3.63) is 11.6 Å². The molecule has 1 heterocycles. The van der Waals surface area contributed by atoms with Gasteiger partial charge in [-0.05, 0) is 57.8 Å². The molecule has 1 rings (SSSR count). The number of allylic oxidation sites excluding steroid dienone is 1. The predicted octanol–water partition coefficient (Wildman–Crippen LogP) is 4.28. The number of carbonyl (C=O) groups excluding carboxylic acids is 2. The van der Waals surface area contributed by atoms with Crippen LogP contribution in [0.15, 0.2) is 11.6 Å². The Morgan fingerprint density at radius 1 is 1.22 bits per heavy atom. The molecular weight excluding hydrogens is 344 g/mol. The molecule has 0 amide bonds. The summed E-state index contributed by atoms with van der Waals surface area (Å²) in [4.78, 5) is 24.3. The van der Waals surface area contributed by atoms with Gasteiger partial charge in [0.2, 0.25) is 0 Å². The summed E-state index contributed by atoms with van der Waals surface area (Å²) in [6.45, 7) is 13.6. The zero-order valence-electron chi connectivity index (χ0n) is 18.1. The molecular formula is C22H38O5. The van der Waals surface area contributed by atoms with Gasteiger partial charge in [0.15, 0.2) is 5.60 Å². The molecule has 0 saturated carbocycles. The topological polar surface area (TPSA) is 72.8 Å². The van der Waals surface area contributed by atoms with E-state index in [4.69, 9.17) is 9.47 Å². The lowest BCUT2D eigenvalue weighted by atomic mass is 9.86. The maximum absolute atomic E-state index is 12.3. The van der Waals surface area contributed by atoms with Crippen LogP contribution in [0.4, 0.5) is 0 Å². The quantitative estimate of drug-likeness (QED) is 0.476. The van der Waals surface area contributed by atoms with E-state index < -0.39 is 17.0 Å². The Kier molecular flexibility index (Phi) is 8.52. The van der Waals surface area contributed by atoms with Crippen LogP contribution >= 0.6 is 0 Å². The lowest BCUT2D eigenvalue weighted by Gasteiger charge is -2.26. The fourth-order valence-electron chi connectivity index (χ4n) is 3.43. The number of hydrogen-bond acceptors (Lipinski definition) is 5. The lowest BCUT2D eigenvalue weighted by molar-refractivity contribution is -0.171. The van der Waals surface area contributed by atoms with Gasteiger partial charge >= 0.3 is 11.9 Å². The highest BCUT2D eigenvalue weighted by Gasteiger charge is 2.45. The third-order valence-electron chi connectivity index (χ3n) is 4.76. The molecule has 1 fully saturated rings. The van der Waals surface area contributed by atoms with Crippen molar-refractivity contribution < 1.29 is 24.2 Å². The molecule has 0 unspecified atom stereocenters. The van der Waals surface area contributed by atoms with E-state index >= 15 is 0 Å². The Labute approximate surface area is 164 Å². The van der Waals surface area contributed by atoms with E-state index in [0.29, 0.717) is 23.3 Å². The maximum Gasteiger partial charge on any atom is 0.334 e. The Morgan fingerprint density at radius 3 is 2.22 bits per heavy atom. The van der Waals surface area contributed by atoms with Gasteiger partial charge in [0.25, 0.3) is 0 Å². The average Bonchev–Trinajstić information content (AvgIpc) is 2.85. The molecule has 0 spiro atoms. The summed E-state index contributed by atoms with van der Waals surface area (Å²) in [5.41, 5.74) is -1.22. The van der Waals surface area contributed by atoms with Crippen molar-refractivity contribution >= 4 is 11.9 Å². The van der Waals surface area contributed by atoms with Gasteiger partial charge in [-0.15, -0.1) is 0 Å². The van der Waals surface area contributed by atoms with Crippen LogP contribution in [0.3, 0.4) is 0 Å². The summed E-state index contributed by atoms with van der Waals surface area (Å²) in [7, 11) is 0. The van der Waals surface area contributed by atoms with E-state index in [9.17, 15) is 14.7 Å². The molecule has 5 nitrogen and oxygen atoms in total. The van der Waals surface area contributed by atoms with E-state index in [1.165, 1.54) is 0 Å². The third kappa shape index (κ3) is 7.65. The number of hydrogen-bond donors (Lipinski definition) is 1. The number of aliphatic hydroxyl groups excluding tert-OH is 1. The fourth-order valence-corrected chi connectivity index (χ4v) is 3.43. The minimum atomic E-state index is -1.16. The summed E-state index contributed by atoms with van der Waals surface area (Å²) in [5.74, 6) is 0.946. The highest BCUT2D eigenvalue weighted by atomic mass is 16.6. The number of esters is 2. The Morgan fingerprint density at radius 2 is 1.78 bits per heavy atom. The summed E-state index contributed by atoms with van der Waals surface area (Å²) in [6, 6.07) is 0. The SMILES string of the molecule is CC(C)CC(C/C=C1\C[C@](CO)(COC(=O)C(C)(C)C)OC1=O)CC(C)C. The van der Waals surface area contributed by atoms with Crippen LogP contribution in [0.1, 0.15) is 74.1 Å². The molecule has 0 radical (unpaired) electrons.